The van der Waals surface area contributed by atoms with E-state index < -0.39 is 11.9 Å². The van der Waals surface area contributed by atoms with Gasteiger partial charge in [0.2, 0.25) is 5.88 Å². The lowest BCUT2D eigenvalue weighted by molar-refractivity contribution is 0.0697. The van der Waals surface area contributed by atoms with Crippen LogP contribution in [-0.2, 0) is 0 Å². The summed E-state index contributed by atoms with van der Waals surface area (Å²) >= 11 is 5.88. The zero-order valence-electron chi connectivity index (χ0n) is 15.4. The fraction of sp³-hybridized carbons (Fsp3) is 0. The van der Waals surface area contributed by atoms with Crippen molar-refractivity contribution in [3.8, 4) is 22.4 Å². The van der Waals surface area contributed by atoms with Gasteiger partial charge in [0.15, 0.2) is 0 Å². The van der Waals surface area contributed by atoms with Crippen LogP contribution in [0.15, 0.2) is 77.6 Å². The molecule has 0 radical (unpaired) electrons. The Hall–Kier alpha value is -3.97. The summed E-state index contributed by atoms with van der Waals surface area (Å²) in [4.78, 5) is 28.6. The van der Waals surface area contributed by atoms with Crippen molar-refractivity contribution in [3.63, 3.8) is 0 Å². The van der Waals surface area contributed by atoms with Crippen molar-refractivity contribution in [2.75, 3.05) is 5.32 Å². The normalized spacial score (nSPS) is 10.6. The molecule has 0 aliphatic heterocycles. The number of carboxylic acids is 1. The molecule has 0 aliphatic rings. The first-order valence-corrected chi connectivity index (χ1v) is 9.22. The fourth-order valence-electron chi connectivity index (χ4n) is 2.99. The number of pyridine rings is 1. The summed E-state index contributed by atoms with van der Waals surface area (Å²) in [5, 5.41) is 16.9. The van der Waals surface area contributed by atoms with E-state index in [1.807, 2.05) is 0 Å². The van der Waals surface area contributed by atoms with E-state index in [4.69, 9.17) is 16.1 Å². The smallest absolute Gasteiger partial charge is 0.336 e. The van der Waals surface area contributed by atoms with E-state index in [1.54, 1.807) is 67.0 Å². The second-order valence-corrected chi connectivity index (χ2v) is 6.73. The van der Waals surface area contributed by atoms with Gasteiger partial charge in [-0.05, 0) is 42.5 Å². The van der Waals surface area contributed by atoms with Crippen LogP contribution in [0.25, 0.3) is 22.4 Å². The molecule has 2 aromatic heterocycles. The first-order chi connectivity index (χ1) is 14.5. The van der Waals surface area contributed by atoms with Gasteiger partial charge in [-0.2, -0.15) is 0 Å². The van der Waals surface area contributed by atoms with Crippen LogP contribution in [0.3, 0.4) is 0 Å². The maximum Gasteiger partial charge on any atom is 0.336 e. The molecular formula is C22H14ClN3O4. The summed E-state index contributed by atoms with van der Waals surface area (Å²) in [5.74, 6) is -1.53. The molecular weight excluding hydrogens is 406 g/mol. The molecule has 0 bridgehead atoms. The minimum Gasteiger partial charge on any atom is -0.478 e. The molecule has 0 atom stereocenters. The number of nitrogens with one attached hydrogen (secondary N) is 1. The first kappa shape index (κ1) is 19.4. The van der Waals surface area contributed by atoms with Gasteiger partial charge in [-0.15, -0.1) is 0 Å². The highest BCUT2D eigenvalue weighted by molar-refractivity contribution is 6.30. The van der Waals surface area contributed by atoms with Gasteiger partial charge in [0.05, 0.1) is 11.1 Å². The molecule has 4 rings (SSSR count). The highest BCUT2D eigenvalue weighted by Gasteiger charge is 2.25. The van der Waals surface area contributed by atoms with Crippen molar-refractivity contribution in [3.05, 3.63) is 89.2 Å². The number of amides is 1. The van der Waals surface area contributed by atoms with E-state index in [0.29, 0.717) is 33.0 Å². The Morgan fingerprint density at radius 1 is 1.00 bits per heavy atom. The molecule has 0 spiro atoms. The fourth-order valence-corrected chi connectivity index (χ4v) is 3.12. The van der Waals surface area contributed by atoms with Crippen LogP contribution in [0.5, 0.6) is 0 Å². The number of hydrogen-bond acceptors (Lipinski definition) is 5. The third-order valence-corrected chi connectivity index (χ3v) is 4.64. The summed E-state index contributed by atoms with van der Waals surface area (Å²) in [5.41, 5.74) is 2.09. The number of hydrogen-bond donors (Lipinski definition) is 2. The van der Waals surface area contributed by atoms with Crippen LogP contribution in [0.2, 0.25) is 5.02 Å². The number of halogens is 1. The Bertz CT molecular complexity index is 1220. The maximum atomic E-state index is 12.7. The summed E-state index contributed by atoms with van der Waals surface area (Å²) in [6, 6.07) is 16.3. The molecule has 0 saturated carbocycles. The Kier molecular flexibility index (Phi) is 5.28. The molecule has 2 heterocycles. The highest BCUT2D eigenvalue weighted by atomic mass is 35.5. The van der Waals surface area contributed by atoms with E-state index in [9.17, 15) is 14.7 Å². The van der Waals surface area contributed by atoms with Gasteiger partial charge in [0.25, 0.3) is 5.91 Å². The number of aromatic nitrogens is 2. The number of carbonyl (C=O) groups is 2. The Balaban J connectivity index is 1.84. The molecule has 148 valence electrons. The Morgan fingerprint density at radius 2 is 1.77 bits per heavy atom. The summed E-state index contributed by atoms with van der Waals surface area (Å²) in [6.07, 6.45) is 3.19. The predicted molar refractivity (Wildman–Crippen MR) is 112 cm³/mol. The van der Waals surface area contributed by atoms with E-state index in [1.165, 1.54) is 6.07 Å². The summed E-state index contributed by atoms with van der Waals surface area (Å²) in [7, 11) is 0. The first-order valence-electron chi connectivity index (χ1n) is 8.84. The third-order valence-electron chi connectivity index (χ3n) is 4.39. The van der Waals surface area contributed by atoms with Crippen LogP contribution in [-0.4, -0.2) is 27.1 Å². The van der Waals surface area contributed by atoms with Crippen LogP contribution < -0.4 is 5.32 Å². The summed E-state index contributed by atoms with van der Waals surface area (Å²) < 4.78 is 5.43. The monoisotopic (exact) mass is 419 g/mol. The van der Waals surface area contributed by atoms with Gasteiger partial charge in [0.1, 0.15) is 5.69 Å². The Morgan fingerprint density at radius 3 is 2.47 bits per heavy atom. The minimum absolute atomic E-state index is 0.0301. The zero-order valence-corrected chi connectivity index (χ0v) is 16.1. The molecule has 8 heteroatoms. The van der Waals surface area contributed by atoms with Gasteiger partial charge in [-0.1, -0.05) is 35.0 Å². The van der Waals surface area contributed by atoms with Gasteiger partial charge in [0, 0.05) is 34.1 Å². The van der Waals surface area contributed by atoms with Crippen LogP contribution in [0, 0.1) is 0 Å². The highest BCUT2D eigenvalue weighted by Crippen LogP contribution is 2.39. The lowest BCUT2D eigenvalue weighted by Crippen LogP contribution is -2.12. The molecule has 7 nitrogen and oxygen atoms in total. The zero-order chi connectivity index (χ0) is 21.1. The second kappa shape index (κ2) is 8.18. The van der Waals surface area contributed by atoms with Crippen molar-refractivity contribution in [2.24, 2.45) is 0 Å². The molecule has 4 aromatic rings. The Labute approximate surface area is 175 Å². The standard InChI is InChI=1S/C22H14ClN3O4/c23-15-9-7-13(8-10-15)20(27)25-21-18(16-5-1-2-6-17(16)22(28)29)19(26-30-21)14-4-3-11-24-12-14/h1-12H,(H,25,27)(H,28,29). The average molecular weight is 420 g/mol. The molecule has 0 saturated heterocycles. The minimum atomic E-state index is -1.11. The van der Waals surface area contributed by atoms with Crippen molar-refractivity contribution in [2.45, 2.75) is 0 Å². The number of anilines is 1. The number of carboxylic acid groups (broad SMARTS) is 1. The number of nitrogens with zero attached hydrogens (tertiary/aromatic N) is 2. The van der Waals surface area contributed by atoms with Crippen molar-refractivity contribution in [1.29, 1.82) is 0 Å². The number of benzene rings is 2. The number of aromatic carboxylic acids is 1. The van der Waals surface area contributed by atoms with Gasteiger partial charge in [-0.25, -0.2) is 4.79 Å². The van der Waals surface area contributed by atoms with E-state index in [-0.39, 0.29) is 11.4 Å². The van der Waals surface area contributed by atoms with Gasteiger partial charge in [-0.3, -0.25) is 15.1 Å². The lowest BCUT2D eigenvalue weighted by Gasteiger charge is -2.09. The second-order valence-electron chi connectivity index (χ2n) is 6.29. The average Bonchev–Trinajstić information content (AvgIpc) is 3.18. The van der Waals surface area contributed by atoms with E-state index >= 15 is 0 Å². The van der Waals surface area contributed by atoms with Crippen molar-refractivity contribution in [1.82, 2.24) is 10.1 Å². The number of carbonyl (C=O) groups excluding carboxylic acids is 1. The maximum absolute atomic E-state index is 12.7. The number of rotatable bonds is 5. The molecule has 0 fully saturated rings. The quantitative estimate of drug-likeness (QED) is 0.471. The lowest BCUT2D eigenvalue weighted by atomic mass is 9.97. The van der Waals surface area contributed by atoms with E-state index in [0.717, 1.165) is 0 Å². The molecule has 0 aliphatic carbocycles. The van der Waals surface area contributed by atoms with Crippen LogP contribution >= 0.6 is 11.6 Å². The molecule has 1 amide bonds. The SMILES string of the molecule is O=C(Nc1onc(-c2cccnc2)c1-c1ccccc1C(=O)O)c1ccc(Cl)cc1. The summed E-state index contributed by atoms with van der Waals surface area (Å²) in [6.45, 7) is 0. The predicted octanol–water partition coefficient (Wildman–Crippen LogP) is 5.01. The van der Waals surface area contributed by atoms with Gasteiger partial charge >= 0.3 is 5.97 Å². The molecule has 2 aromatic carbocycles. The third kappa shape index (κ3) is 3.78. The van der Waals surface area contributed by atoms with E-state index in [2.05, 4.69) is 15.5 Å². The van der Waals surface area contributed by atoms with Crippen LogP contribution in [0.4, 0.5) is 5.88 Å². The van der Waals surface area contributed by atoms with Crippen molar-refractivity contribution < 1.29 is 19.2 Å². The molecule has 0 unspecified atom stereocenters. The van der Waals surface area contributed by atoms with Crippen molar-refractivity contribution >= 4 is 29.4 Å². The van der Waals surface area contributed by atoms with Crippen LogP contribution in [0.1, 0.15) is 20.7 Å². The van der Waals surface area contributed by atoms with Gasteiger partial charge < -0.3 is 9.63 Å². The molecule has 2 N–H and O–H groups in total. The molecule has 30 heavy (non-hydrogen) atoms. The topological polar surface area (TPSA) is 105 Å². The largest absolute Gasteiger partial charge is 0.478 e.